The number of nitrogens with zero attached hydrogens (tertiary/aromatic N) is 2. The van der Waals surface area contributed by atoms with Crippen LogP contribution in [0.5, 0.6) is 0 Å². The second kappa shape index (κ2) is 6.78. The fourth-order valence-electron chi connectivity index (χ4n) is 1.87. The first-order valence-corrected chi connectivity index (χ1v) is 6.93. The Labute approximate surface area is 132 Å². The number of halogens is 2. The van der Waals surface area contributed by atoms with Gasteiger partial charge < -0.3 is 10.2 Å². The summed E-state index contributed by atoms with van der Waals surface area (Å²) in [4.78, 5) is 18.7. The lowest BCUT2D eigenvalue weighted by Gasteiger charge is -2.15. The average molecular weight is 326 g/mol. The summed E-state index contributed by atoms with van der Waals surface area (Å²) in [7, 11) is 0. The first kappa shape index (κ1) is 15.6. The van der Waals surface area contributed by atoms with Crippen molar-refractivity contribution in [2.24, 2.45) is 4.99 Å². The lowest BCUT2D eigenvalue weighted by Crippen LogP contribution is -2.23. The van der Waals surface area contributed by atoms with Crippen LogP contribution < -0.4 is 5.32 Å². The van der Waals surface area contributed by atoms with Crippen molar-refractivity contribution < 1.29 is 9.18 Å². The van der Waals surface area contributed by atoms with E-state index in [0.29, 0.717) is 18.1 Å². The summed E-state index contributed by atoms with van der Waals surface area (Å²) < 4.78 is 12.8. The van der Waals surface area contributed by atoms with E-state index in [1.807, 2.05) is 11.0 Å². The number of rotatable bonds is 3. The molecule has 1 N–H and O–H groups in total. The van der Waals surface area contributed by atoms with Gasteiger partial charge in [-0.1, -0.05) is 23.9 Å². The zero-order valence-electron chi connectivity index (χ0n) is 11.0. The van der Waals surface area contributed by atoms with Crippen molar-refractivity contribution in [3.05, 3.63) is 57.9 Å². The van der Waals surface area contributed by atoms with Gasteiger partial charge in [-0.25, -0.2) is 4.39 Å². The van der Waals surface area contributed by atoms with Crippen LogP contribution >= 0.6 is 24.2 Å². The summed E-state index contributed by atoms with van der Waals surface area (Å²) >= 11 is 1.43. The van der Waals surface area contributed by atoms with Crippen LogP contribution in [-0.2, 0) is 11.3 Å². The largest absolute Gasteiger partial charge is 0.347 e. The van der Waals surface area contributed by atoms with E-state index in [1.165, 1.54) is 23.9 Å². The molecule has 1 aromatic rings. The molecule has 2 aliphatic heterocycles. The fraction of sp³-hybridized carbons (Fsp3) is 0.143. The smallest absolute Gasteiger partial charge is 0.259 e. The van der Waals surface area contributed by atoms with Gasteiger partial charge in [0.1, 0.15) is 12.5 Å². The van der Waals surface area contributed by atoms with Crippen molar-refractivity contribution in [1.29, 1.82) is 0 Å². The summed E-state index contributed by atoms with van der Waals surface area (Å²) in [6.07, 6.45) is 5.42. The molecular formula is C14H13ClFN3OS. The molecule has 1 amide bonds. The zero-order chi connectivity index (χ0) is 13.9. The Morgan fingerprint density at radius 1 is 1.38 bits per heavy atom. The number of amides is 1. The topological polar surface area (TPSA) is 44.7 Å². The van der Waals surface area contributed by atoms with Crippen molar-refractivity contribution in [3.63, 3.8) is 0 Å². The Kier molecular flexibility index (Phi) is 5.03. The van der Waals surface area contributed by atoms with Crippen molar-refractivity contribution in [2.45, 2.75) is 6.54 Å². The predicted molar refractivity (Wildman–Crippen MR) is 84.4 cm³/mol. The van der Waals surface area contributed by atoms with Gasteiger partial charge >= 0.3 is 0 Å². The van der Waals surface area contributed by atoms with E-state index >= 15 is 0 Å². The van der Waals surface area contributed by atoms with Crippen LogP contribution in [0, 0.1) is 5.82 Å². The number of hydrogen-bond donors (Lipinski definition) is 1. The van der Waals surface area contributed by atoms with Crippen LogP contribution in [-0.4, -0.2) is 23.7 Å². The molecule has 2 heterocycles. The maximum Gasteiger partial charge on any atom is 0.259 e. The standard InChI is InChI=1S/C14H12FN3OS.ClH/c15-11-3-1-10(2-4-11)7-17-14(19)12-8-18-9-16-6-5-13(18)20-12;/h1-6,8H,7,9H2,(H,17,19);1H. The highest BCUT2D eigenvalue weighted by Gasteiger charge is 2.24. The Balaban J connectivity index is 0.00000161. The molecule has 0 fully saturated rings. The molecule has 4 nitrogen and oxygen atoms in total. The van der Waals surface area contributed by atoms with E-state index in [2.05, 4.69) is 10.3 Å². The maximum atomic E-state index is 12.8. The molecule has 0 bridgehead atoms. The Morgan fingerprint density at radius 2 is 2.14 bits per heavy atom. The molecule has 7 heteroatoms. The quantitative estimate of drug-likeness (QED) is 0.929. The van der Waals surface area contributed by atoms with Gasteiger partial charge in [0.15, 0.2) is 0 Å². The Bertz CT molecular complexity index is 628. The van der Waals surface area contributed by atoms with Gasteiger partial charge in [-0.2, -0.15) is 0 Å². The number of carbonyl (C=O) groups is 1. The summed E-state index contributed by atoms with van der Waals surface area (Å²) in [5.41, 5.74) is 0.864. The highest BCUT2D eigenvalue weighted by molar-refractivity contribution is 8.07. The molecule has 0 radical (unpaired) electrons. The van der Waals surface area contributed by atoms with Crippen molar-refractivity contribution in [3.8, 4) is 0 Å². The second-order valence-corrected chi connectivity index (χ2v) is 5.41. The molecule has 110 valence electrons. The summed E-state index contributed by atoms with van der Waals surface area (Å²) in [6.45, 7) is 0.931. The highest BCUT2D eigenvalue weighted by Crippen LogP contribution is 2.36. The van der Waals surface area contributed by atoms with Gasteiger partial charge in [0, 0.05) is 19.0 Å². The van der Waals surface area contributed by atoms with Gasteiger partial charge in [-0.05, 0) is 23.8 Å². The van der Waals surface area contributed by atoms with Crippen molar-refractivity contribution >= 4 is 36.3 Å². The normalized spacial score (nSPS) is 15.8. The molecule has 1 aromatic carbocycles. The molecule has 21 heavy (non-hydrogen) atoms. The lowest BCUT2D eigenvalue weighted by atomic mass is 10.2. The molecule has 0 atom stereocenters. The maximum absolute atomic E-state index is 12.8. The molecule has 0 saturated carbocycles. The second-order valence-electron chi connectivity index (χ2n) is 4.35. The average Bonchev–Trinajstić information content (AvgIpc) is 2.90. The molecule has 0 aliphatic carbocycles. The minimum Gasteiger partial charge on any atom is -0.347 e. The number of nitrogens with one attached hydrogen (secondary N) is 1. The summed E-state index contributed by atoms with van der Waals surface area (Å²) in [6, 6.07) is 6.08. The third-order valence-corrected chi connectivity index (χ3v) is 4.01. The molecule has 0 aromatic heterocycles. The molecule has 2 aliphatic rings. The van der Waals surface area contributed by atoms with Gasteiger partial charge in [-0.15, -0.1) is 12.4 Å². The van der Waals surface area contributed by atoms with Crippen LogP contribution in [0.4, 0.5) is 4.39 Å². The number of benzene rings is 1. The number of fused-ring (bicyclic) bond motifs is 1. The van der Waals surface area contributed by atoms with Crippen LogP contribution in [0.25, 0.3) is 0 Å². The van der Waals surface area contributed by atoms with E-state index in [0.717, 1.165) is 10.6 Å². The van der Waals surface area contributed by atoms with Crippen LogP contribution in [0.3, 0.4) is 0 Å². The Hall–Kier alpha value is -1.79. The molecule has 0 unspecified atom stereocenters. The number of carbonyl (C=O) groups excluding carboxylic acids is 1. The van der Waals surface area contributed by atoms with Crippen LogP contribution in [0.2, 0.25) is 0 Å². The number of aliphatic imine (C=N–C) groups is 1. The predicted octanol–water partition coefficient (Wildman–Crippen LogP) is 2.64. The minimum absolute atomic E-state index is 0. The van der Waals surface area contributed by atoms with E-state index in [1.54, 1.807) is 24.5 Å². The zero-order valence-corrected chi connectivity index (χ0v) is 12.6. The first-order valence-electron chi connectivity index (χ1n) is 6.11. The number of hydrogen-bond acceptors (Lipinski definition) is 4. The monoisotopic (exact) mass is 325 g/mol. The van der Waals surface area contributed by atoms with Gasteiger partial charge in [0.2, 0.25) is 0 Å². The van der Waals surface area contributed by atoms with Crippen LogP contribution in [0.1, 0.15) is 5.56 Å². The fourth-order valence-corrected chi connectivity index (χ4v) is 2.80. The van der Waals surface area contributed by atoms with Crippen molar-refractivity contribution in [1.82, 2.24) is 10.2 Å². The molecular weight excluding hydrogens is 313 g/mol. The minimum atomic E-state index is -0.280. The van der Waals surface area contributed by atoms with E-state index < -0.39 is 0 Å². The van der Waals surface area contributed by atoms with E-state index in [-0.39, 0.29) is 24.1 Å². The molecule has 0 saturated heterocycles. The number of allylic oxidation sites excluding steroid dienone is 1. The Morgan fingerprint density at radius 3 is 2.86 bits per heavy atom. The number of thioether (sulfide) groups is 1. The third kappa shape index (κ3) is 3.65. The van der Waals surface area contributed by atoms with Crippen molar-refractivity contribution in [2.75, 3.05) is 6.67 Å². The lowest BCUT2D eigenvalue weighted by molar-refractivity contribution is -0.117. The summed E-state index contributed by atoms with van der Waals surface area (Å²) in [5.74, 6) is -0.410. The van der Waals surface area contributed by atoms with E-state index in [9.17, 15) is 9.18 Å². The summed E-state index contributed by atoms with van der Waals surface area (Å²) in [5, 5.41) is 3.83. The third-order valence-electron chi connectivity index (χ3n) is 2.92. The molecule has 3 rings (SSSR count). The van der Waals surface area contributed by atoms with Gasteiger partial charge in [0.05, 0.1) is 9.93 Å². The van der Waals surface area contributed by atoms with Gasteiger partial charge in [0.25, 0.3) is 5.91 Å². The van der Waals surface area contributed by atoms with Gasteiger partial charge in [-0.3, -0.25) is 9.79 Å². The molecule has 0 spiro atoms. The SMILES string of the molecule is Cl.O=C(NCc1ccc(F)cc1)C1=CN2CN=CC=C2S1. The first-order chi connectivity index (χ1) is 9.72. The highest BCUT2D eigenvalue weighted by atomic mass is 35.5. The van der Waals surface area contributed by atoms with Crippen LogP contribution in [0.15, 0.2) is 51.5 Å². The van der Waals surface area contributed by atoms with E-state index in [4.69, 9.17) is 0 Å².